The van der Waals surface area contributed by atoms with E-state index in [4.69, 9.17) is 4.74 Å². The average molecular weight is 478 g/mol. The topological polar surface area (TPSA) is 106 Å². The molecule has 184 valence electrons. The highest BCUT2D eigenvalue weighted by Gasteiger charge is 2.24. The molecule has 0 aliphatic carbocycles. The van der Waals surface area contributed by atoms with E-state index in [1.165, 1.54) is 0 Å². The van der Waals surface area contributed by atoms with Gasteiger partial charge in [0.2, 0.25) is 0 Å². The molecule has 9 heteroatoms. The SMILES string of the molecule is CCCn1c(=O)c(N2CCC(NC(=O)Nc3cccc(C(=O)OCC)c3)CC2)nc2ccccc21. The molecule has 1 aromatic heterocycles. The molecule has 0 saturated carbocycles. The zero-order valence-corrected chi connectivity index (χ0v) is 20.1. The maximum Gasteiger partial charge on any atom is 0.338 e. The fourth-order valence-corrected chi connectivity index (χ4v) is 4.36. The van der Waals surface area contributed by atoms with Crippen LogP contribution < -0.4 is 21.1 Å². The molecule has 0 spiro atoms. The zero-order valence-electron chi connectivity index (χ0n) is 20.1. The van der Waals surface area contributed by atoms with E-state index in [9.17, 15) is 14.4 Å². The lowest BCUT2D eigenvalue weighted by Gasteiger charge is -2.33. The van der Waals surface area contributed by atoms with E-state index < -0.39 is 5.97 Å². The summed E-state index contributed by atoms with van der Waals surface area (Å²) in [5, 5.41) is 5.78. The molecule has 2 amide bonds. The van der Waals surface area contributed by atoms with Crippen molar-refractivity contribution in [1.82, 2.24) is 14.9 Å². The number of urea groups is 1. The van der Waals surface area contributed by atoms with Crippen molar-refractivity contribution in [2.75, 3.05) is 29.9 Å². The summed E-state index contributed by atoms with van der Waals surface area (Å²) in [6.45, 7) is 5.97. The van der Waals surface area contributed by atoms with Gasteiger partial charge in [0, 0.05) is 31.4 Å². The minimum absolute atomic E-state index is 0.0298. The van der Waals surface area contributed by atoms with Crippen molar-refractivity contribution in [2.24, 2.45) is 0 Å². The fraction of sp³-hybridized carbons (Fsp3) is 0.385. The average Bonchev–Trinajstić information content (AvgIpc) is 2.86. The Kier molecular flexibility index (Phi) is 7.64. The van der Waals surface area contributed by atoms with E-state index in [2.05, 4.69) is 22.5 Å². The molecule has 2 aromatic carbocycles. The molecule has 3 aromatic rings. The summed E-state index contributed by atoms with van der Waals surface area (Å²) in [7, 11) is 0. The number of hydrogen-bond donors (Lipinski definition) is 2. The van der Waals surface area contributed by atoms with Crippen molar-refractivity contribution in [3.05, 3.63) is 64.4 Å². The number of nitrogens with zero attached hydrogens (tertiary/aromatic N) is 3. The van der Waals surface area contributed by atoms with Gasteiger partial charge in [-0.1, -0.05) is 25.1 Å². The Morgan fingerprint density at radius 2 is 1.86 bits per heavy atom. The van der Waals surface area contributed by atoms with E-state index >= 15 is 0 Å². The summed E-state index contributed by atoms with van der Waals surface area (Å²) >= 11 is 0. The highest BCUT2D eigenvalue weighted by Crippen LogP contribution is 2.19. The molecule has 1 aliphatic heterocycles. The highest BCUT2D eigenvalue weighted by molar-refractivity contribution is 5.94. The van der Waals surface area contributed by atoms with Crippen LogP contribution in [0.2, 0.25) is 0 Å². The van der Waals surface area contributed by atoms with Crippen molar-refractivity contribution in [3.8, 4) is 0 Å². The summed E-state index contributed by atoms with van der Waals surface area (Å²) in [4.78, 5) is 44.3. The number of carbonyl (C=O) groups excluding carboxylic acids is 2. The molecular weight excluding hydrogens is 446 g/mol. The number of benzene rings is 2. The number of ether oxygens (including phenoxy) is 1. The minimum atomic E-state index is -0.427. The second kappa shape index (κ2) is 11.0. The van der Waals surface area contributed by atoms with Crippen molar-refractivity contribution >= 4 is 34.5 Å². The van der Waals surface area contributed by atoms with Gasteiger partial charge in [-0.2, -0.15) is 0 Å². The molecule has 1 fully saturated rings. The van der Waals surface area contributed by atoms with Crippen molar-refractivity contribution < 1.29 is 14.3 Å². The van der Waals surface area contributed by atoms with Gasteiger partial charge in [-0.15, -0.1) is 0 Å². The Bertz CT molecular complexity index is 1260. The van der Waals surface area contributed by atoms with Crippen LogP contribution in [0.5, 0.6) is 0 Å². The lowest BCUT2D eigenvalue weighted by atomic mass is 10.1. The number of aromatic nitrogens is 2. The lowest BCUT2D eigenvalue weighted by molar-refractivity contribution is 0.0526. The number of amides is 2. The molecule has 0 radical (unpaired) electrons. The highest BCUT2D eigenvalue weighted by atomic mass is 16.5. The van der Waals surface area contributed by atoms with Crippen molar-refractivity contribution in [1.29, 1.82) is 0 Å². The van der Waals surface area contributed by atoms with Gasteiger partial charge >= 0.3 is 12.0 Å². The van der Waals surface area contributed by atoms with Crippen molar-refractivity contribution in [3.63, 3.8) is 0 Å². The van der Waals surface area contributed by atoms with Crippen LogP contribution >= 0.6 is 0 Å². The van der Waals surface area contributed by atoms with Crippen LogP contribution in [0, 0.1) is 0 Å². The smallest absolute Gasteiger partial charge is 0.338 e. The molecule has 4 rings (SSSR count). The Hall–Kier alpha value is -3.88. The summed E-state index contributed by atoms with van der Waals surface area (Å²) in [6, 6.07) is 14.0. The number of piperidine rings is 1. The third kappa shape index (κ3) is 5.62. The van der Waals surface area contributed by atoms with Crippen LogP contribution in [0.15, 0.2) is 53.3 Å². The van der Waals surface area contributed by atoms with Crippen LogP contribution in [0.4, 0.5) is 16.3 Å². The monoisotopic (exact) mass is 477 g/mol. The van der Waals surface area contributed by atoms with Gasteiger partial charge in [0.05, 0.1) is 23.2 Å². The first-order valence-corrected chi connectivity index (χ1v) is 12.1. The second-order valence-corrected chi connectivity index (χ2v) is 8.54. The first-order chi connectivity index (χ1) is 17.0. The first-order valence-electron chi connectivity index (χ1n) is 12.1. The molecule has 1 aliphatic rings. The molecule has 2 heterocycles. The summed E-state index contributed by atoms with van der Waals surface area (Å²) in [6.07, 6.45) is 2.24. The first kappa shape index (κ1) is 24.3. The third-order valence-corrected chi connectivity index (χ3v) is 6.04. The van der Waals surface area contributed by atoms with Gasteiger partial charge < -0.3 is 24.8 Å². The van der Waals surface area contributed by atoms with Crippen LogP contribution in [-0.2, 0) is 11.3 Å². The summed E-state index contributed by atoms with van der Waals surface area (Å²) < 4.78 is 6.81. The number of rotatable bonds is 7. The molecule has 0 bridgehead atoms. The lowest BCUT2D eigenvalue weighted by Crippen LogP contribution is -2.47. The van der Waals surface area contributed by atoms with E-state index in [0.29, 0.717) is 49.5 Å². The standard InChI is InChI=1S/C26H31N5O4/c1-3-14-31-22-11-6-5-10-21(22)29-23(24(31)32)30-15-12-19(13-16-30)27-26(34)28-20-9-7-8-18(17-20)25(33)35-4-2/h5-11,17,19H,3-4,12-16H2,1-2H3,(H2,27,28,34). The molecule has 2 N–H and O–H groups in total. The predicted octanol–water partition coefficient (Wildman–Crippen LogP) is 3.77. The zero-order chi connectivity index (χ0) is 24.8. The van der Waals surface area contributed by atoms with Crippen LogP contribution in [0.3, 0.4) is 0 Å². The van der Waals surface area contributed by atoms with Crippen LogP contribution in [-0.4, -0.2) is 47.3 Å². The maximum atomic E-state index is 13.2. The maximum absolute atomic E-state index is 13.2. The van der Waals surface area contributed by atoms with Crippen LogP contribution in [0.25, 0.3) is 11.0 Å². The van der Waals surface area contributed by atoms with Gasteiger partial charge in [-0.25, -0.2) is 14.6 Å². The predicted molar refractivity (Wildman–Crippen MR) is 136 cm³/mol. The number of esters is 1. The molecule has 0 atom stereocenters. The second-order valence-electron chi connectivity index (χ2n) is 8.54. The van der Waals surface area contributed by atoms with E-state index in [1.807, 2.05) is 29.2 Å². The number of para-hydroxylation sites is 2. The molecule has 9 nitrogen and oxygen atoms in total. The van der Waals surface area contributed by atoms with Crippen LogP contribution in [0.1, 0.15) is 43.5 Å². The Morgan fingerprint density at radius 3 is 2.60 bits per heavy atom. The summed E-state index contributed by atoms with van der Waals surface area (Å²) in [5.41, 5.74) is 2.48. The molecule has 0 unspecified atom stereocenters. The quantitative estimate of drug-likeness (QED) is 0.502. The summed E-state index contributed by atoms with van der Waals surface area (Å²) in [5.74, 6) is 0.0417. The third-order valence-electron chi connectivity index (χ3n) is 6.04. The molecule has 35 heavy (non-hydrogen) atoms. The van der Waals surface area contributed by atoms with Gasteiger partial charge in [0.1, 0.15) is 0 Å². The molecular formula is C26H31N5O4. The minimum Gasteiger partial charge on any atom is -0.462 e. The number of fused-ring (bicyclic) bond motifs is 1. The number of carbonyl (C=O) groups is 2. The number of hydrogen-bond acceptors (Lipinski definition) is 6. The van der Waals surface area contributed by atoms with Gasteiger partial charge in [-0.05, 0) is 56.5 Å². The number of nitrogens with one attached hydrogen (secondary N) is 2. The Balaban J connectivity index is 1.38. The van der Waals surface area contributed by atoms with E-state index in [0.717, 1.165) is 17.5 Å². The van der Waals surface area contributed by atoms with Gasteiger partial charge in [0.15, 0.2) is 5.82 Å². The largest absolute Gasteiger partial charge is 0.462 e. The van der Waals surface area contributed by atoms with Crippen molar-refractivity contribution in [2.45, 2.75) is 45.7 Å². The van der Waals surface area contributed by atoms with Gasteiger partial charge in [-0.3, -0.25) is 4.79 Å². The number of anilines is 2. The van der Waals surface area contributed by atoms with E-state index in [-0.39, 0.29) is 24.2 Å². The fourth-order valence-electron chi connectivity index (χ4n) is 4.36. The Morgan fingerprint density at radius 1 is 1.09 bits per heavy atom. The molecule has 1 saturated heterocycles. The van der Waals surface area contributed by atoms with E-state index in [1.54, 1.807) is 35.8 Å². The number of aryl methyl sites for hydroxylation is 1. The Labute approximate surface area is 204 Å². The normalized spacial score (nSPS) is 14.1. The van der Waals surface area contributed by atoms with Gasteiger partial charge in [0.25, 0.3) is 5.56 Å².